The Balaban J connectivity index is 2.75. The molecule has 2 N–H and O–H groups in total. The molecular formula is C13H14N2O4. The molecule has 2 rings (SSSR count). The third-order valence-corrected chi connectivity index (χ3v) is 2.87. The van der Waals surface area contributed by atoms with Crippen LogP contribution in [0.4, 0.5) is 0 Å². The van der Waals surface area contributed by atoms with Crippen molar-refractivity contribution < 1.29 is 14.7 Å². The Bertz CT molecular complexity index is 668. The Morgan fingerprint density at radius 3 is 2.42 bits per heavy atom. The number of likely N-dealkylation sites (N-methyl/N-ethyl adjacent to an activating group) is 1. The van der Waals surface area contributed by atoms with E-state index in [0.29, 0.717) is 5.69 Å². The number of rotatable bonds is 2. The van der Waals surface area contributed by atoms with Gasteiger partial charge in [-0.05, 0) is 21.0 Å². The second-order valence-corrected chi connectivity index (χ2v) is 4.79. The molecule has 0 radical (unpaired) electrons. The summed E-state index contributed by atoms with van der Waals surface area (Å²) in [5.41, 5.74) is -0.285. The molecular weight excluding hydrogens is 248 g/mol. The highest BCUT2D eigenvalue weighted by atomic mass is 16.3. The first-order valence-corrected chi connectivity index (χ1v) is 5.73. The summed E-state index contributed by atoms with van der Waals surface area (Å²) in [5, 5.41) is 10.1. The summed E-state index contributed by atoms with van der Waals surface area (Å²) in [6, 6.07) is 1.23. The van der Waals surface area contributed by atoms with Crippen LogP contribution in [-0.2, 0) is 4.79 Å². The maximum Gasteiger partial charge on any atom is 0.239 e. The van der Waals surface area contributed by atoms with Crippen molar-refractivity contribution in [2.24, 2.45) is 0 Å². The van der Waals surface area contributed by atoms with Crippen LogP contribution in [0.3, 0.4) is 0 Å². The van der Waals surface area contributed by atoms with E-state index < -0.39 is 17.0 Å². The van der Waals surface area contributed by atoms with E-state index >= 15 is 0 Å². The molecule has 1 aliphatic carbocycles. The lowest BCUT2D eigenvalue weighted by atomic mass is 9.91. The average molecular weight is 262 g/mol. The SMILES string of the molecule is Cc1cc(=O)c2c([nH]1)C(O)=C(CN(C)C)C(=O)C2=O. The number of fused-ring (bicyclic) bond motifs is 1. The summed E-state index contributed by atoms with van der Waals surface area (Å²) in [6.45, 7) is 1.77. The molecule has 1 aliphatic rings. The molecule has 1 heterocycles. The van der Waals surface area contributed by atoms with Crippen LogP contribution >= 0.6 is 0 Å². The fourth-order valence-corrected chi connectivity index (χ4v) is 2.06. The van der Waals surface area contributed by atoms with E-state index in [1.807, 2.05) is 0 Å². The first kappa shape index (κ1) is 13.2. The number of hydrogen-bond acceptors (Lipinski definition) is 5. The molecule has 0 unspecified atom stereocenters. The van der Waals surface area contributed by atoms with Gasteiger partial charge < -0.3 is 15.0 Å². The number of aromatic nitrogens is 1. The molecule has 0 bridgehead atoms. The predicted molar refractivity (Wildman–Crippen MR) is 69.2 cm³/mol. The predicted octanol–water partition coefficient (Wildman–Crippen LogP) is 0.279. The minimum atomic E-state index is -0.870. The van der Waals surface area contributed by atoms with Crippen molar-refractivity contribution in [3.63, 3.8) is 0 Å². The summed E-state index contributed by atoms with van der Waals surface area (Å²) in [7, 11) is 3.43. The Morgan fingerprint density at radius 2 is 1.84 bits per heavy atom. The zero-order valence-electron chi connectivity index (χ0n) is 10.9. The second kappa shape index (κ2) is 4.47. The van der Waals surface area contributed by atoms with Gasteiger partial charge in [0.05, 0.1) is 11.3 Å². The van der Waals surface area contributed by atoms with Gasteiger partial charge in [0, 0.05) is 18.3 Å². The molecule has 100 valence electrons. The lowest BCUT2D eigenvalue weighted by Gasteiger charge is -2.19. The Hall–Kier alpha value is -2.21. The van der Waals surface area contributed by atoms with E-state index in [-0.39, 0.29) is 29.1 Å². The number of nitrogens with zero attached hydrogens (tertiary/aromatic N) is 1. The molecule has 1 aromatic rings. The molecule has 0 saturated carbocycles. The zero-order chi connectivity index (χ0) is 14.3. The quantitative estimate of drug-likeness (QED) is 0.747. The molecule has 0 spiro atoms. The molecule has 0 atom stereocenters. The van der Waals surface area contributed by atoms with Gasteiger partial charge in [-0.15, -0.1) is 0 Å². The monoisotopic (exact) mass is 262 g/mol. The van der Waals surface area contributed by atoms with Crippen molar-refractivity contribution in [3.8, 4) is 0 Å². The van der Waals surface area contributed by atoms with Gasteiger partial charge in [0.15, 0.2) is 5.43 Å². The van der Waals surface area contributed by atoms with Crippen LogP contribution in [0.25, 0.3) is 5.76 Å². The second-order valence-electron chi connectivity index (χ2n) is 4.79. The summed E-state index contributed by atoms with van der Waals surface area (Å²) < 4.78 is 0. The van der Waals surface area contributed by atoms with E-state index in [4.69, 9.17) is 0 Å². The number of ketones is 2. The lowest BCUT2D eigenvalue weighted by Crippen LogP contribution is -2.34. The number of pyridine rings is 1. The topological polar surface area (TPSA) is 90.5 Å². The molecule has 0 aliphatic heterocycles. The Labute approximate surface area is 109 Å². The zero-order valence-corrected chi connectivity index (χ0v) is 10.9. The van der Waals surface area contributed by atoms with E-state index in [1.165, 1.54) is 6.07 Å². The smallest absolute Gasteiger partial charge is 0.239 e. The Kier molecular flexibility index (Phi) is 3.11. The maximum atomic E-state index is 12.0. The first-order chi connectivity index (χ1) is 8.82. The van der Waals surface area contributed by atoms with E-state index in [9.17, 15) is 19.5 Å². The van der Waals surface area contributed by atoms with Gasteiger partial charge in [-0.25, -0.2) is 0 Å². The fourth-order valence-electron chi connectivity index (χ4n) is 2.06. The third kappa shape index (κ3) is 2.10. The number of H-pyrrole nitrogens is 1. The van der Waals surface area contributed by atoms with Crippen molar-refractivity contribution >= 4 is 17.3 Å². The van der Waals surface area contributed by atoms with Crippen molar-refractivity contribution in [2.45, 2.75) is 6.92 Å². The highest BCUT2D eigenvalue weighted by molar-refractivity contribution is 6.52. The van der Waals surface area contributed by atoms with Gasteiger partial charge in [-0.1, -0.05) is 0 Å². The van der Waals surface area contributed by atoms with Gasteiger partial charge in [0.2, 0.25) is 11.6 Å². The van der Waals surface area contributed by atoms with Crippen molar-refractivity contribution in [1.29, 1.82) is 0 Å². The lowest BCUT2D eigenvalue weighted by molar-refractivity contribution is -0.112. The van der Waals surface area contributed by atoms with E-state index in [0.717, 1.165) is 0 Å². The number of aliphatic hydroxyl groups is 1. The average Bonchev–Trinajstić information content (AvgIpc) is 2.30. The highest BCUT2D eigenvalue weighted by Gasteiger charge is 2.35. The largest absolute Gasteiger partial charge is 0.505 e. The van der Waals surface area contributed by atoms with Crippen LogP contribution in [0.15, 0.2) is 16.4 Å². The Morgan fingerprint density at radius 1 is 1.21 bits per heavy atom. The van der Waals surface area contributed by atoms with Crippen LogP contribution in [0.5, 0.6) is 0 Å². The molecule has 0 amide bonds. The number of aromatic amines is 1. The van der Waals surface area contributed by atoms with E-state index in [2.05, 4.69) is 4.98 Å². The number of aryl methyl sites for hydroxylation is 1. The number of Topliss-reactive ketones (excluding diaryl/α,β-unsaturated/α-hetero) is 2. The number of hydrogen-bond donors (Lipinski definition) is 2. The van der Waals surface area contributed by atoms with E-state index in [1.54, 1.807) is 25.9 Å². The fraction of sp³-hybridized carbons (Fsp3) is 0.308. The molecule has 19 heavy (non-hydrogen) atoms. The summed E-state index contributed by atoms with van der Waals surface area (Å²) in [4.78, 5) is 40.1. The van der Waals surface area contributed by atoms with Crippen LogP contribution in [-0.4, -0.2) is 47.2 Å². The number of carbonyl (C=O) groups excluding carboxylic acids is 2. The summed E-state index contributed by atoms with van der Waals surface area (Å²) >= 11 is 0. The van der Waals surface area contributed by atoms with Crippen molar-refractivity contribution in [1.82, 2.24) is 9.88 Å². The number of carbonyl (C=O) groups is 2. The van der Waals surface area contributed by atoms with Crippen LogP contribution in [0, 0.1) is 6.92 Å². The van der Waals surface area contributed by atoms with Gasteiger partial charge in [0.25, 0.3) is 0 Å². The molecule has 0 saturated heterocycles. The third-order valence-electron chi connectivity index (χ3n) is 2.87. The molecule has 6 nitrogen and oxygen atoms in total. The standard InChI is InChI=1S/C13H14N2O4/c1-6-4-8(16)9-10(14-6)11(17)7(5-15(2)3)12(18)13(9)19/h4,17H,5H2,1-3H3,(H,14,16). The minimum Gasteiger partial charge on any atom is -0.505 e. The van der Waals surface area contributed by atoms with Crippen LogP contribution in [0.2, 0.25) is 0 Å². The minimum absolute atomic E-state index is 0.00347. The van der Waals surface area contributed by atoms with Crippen LogP contribution < -0.4 is 5.43 Å². The van der Waals surface area contributed by atoms with Crippen molar-refractivity contribution in [3.05, 3.63) is 38.8 Å². The number of aliphatic hydroxyl groups excluding tert-OH is 1. The van der Waals surface area contributed by atoms with Crippen molar-refractivity contribution in [2.75, 3.05) is 20.6 Å². The molecule has 0 fully saturated rings. The molecule has 0 aromatic carbocycles. The van der Waals surface area contributed by atoms with Gasteiger partial charge in [-0.2, -0.15) is 0 Å². The van der Waals surface area contributed by atoms with Gasteiger partial charge in [0.1, 0.15) is 11.3 Å². The highest BCUT2D eigenvalue weighted by Crippen LogP contribution is 2.24. The molecule has 6 heteroatoms. The maximum absolute atomic E-state index is 12.0. The number of nitrogens with one attached hydrogen (secondary N) is 1. The molecule has 1 aromatic heterocycles. The first-order valence-electron chi connectivity index (χ1n) is 5.73. The summed E-state index contributed by atoms with van der Waals surface area (Å²) in [5.74, 6) is -2.02. The normalized spacial score (nSPS) is 15.2. The summed E-state index contributed by atoms with van der Waals surface area (Å²) in [6.07, 6.45) is 0. The van der Waals surface area contributed by atoms with Crippen LogP contribution in [0.1, 0.15) is 21.7 Å². The van der Waals surface area contributed by atoms with Gasteiger partial charge in [-0.3, -0.25) is 14.4 Å². The van der Waals surface area contributed by atoms with Gasteiger partial charge >= 0.3 is 0 Å².